The monoisotopic (exact) mass is 231 g/mol. The summed E-state index contributed by atoms with van der Waals surface area (Å²) < 4.78 is 4.79. The standard InChI is InChI=1S/C11H21NO4/c1-4-8(2)5-10(14)11(15)12-9(6-13)7-16-3/h8-9,13H,4-7H2,1-3H3,(H,12,15). The van der Waals surface area contributed by atoms with E-state index in [-0.39, 0.29) is 25.6 Å². The largest absolute Gasteiger partial charge is 0.394 e. The summed E-state index contributed by atoms with van der Waals surface area (Å²) in [6.45, 7) is 3.84. The van der Waals surface area contributed by atoms with Crippen molar-refractivity contribution in [1.29, 1.82) is 0 Å². The minimum atomic E-state index is -0.642. The highest BCUT2D eigenvalue weighted by molar-refractivity contribution is 6.36. The Balaban J connectivity index is 4.07. The van der Waals surface area contributed by atoms with Gasteiger partial charge in [-0.05, 0) is 5.92 Å². The quantitative estimate of drug-likeness (QED) is 0.582. The van der Waals surface area contributed by atoms with E-state index in [0.29, 0.717) is 0 Å². The van der Waals surface area contributed by atoms with E-state index < -0.39 is 17.7 Å². The van der Waals surface area contributed by atoms with Crippen LogP contribution in [0.25, 0.3) is 0 Å². The summed E-state index contributed by atoms with van der Waals surface area (Å²) in [5.74, 6) is -0.881. The number of hydrogen-bond acceptors (Lipinski definition) is 4. The SMILES string of the molecule is CCC(C)CC(=O)C(=O)NC(CO)COC. The predicted molar refractivity (Wildman–Crippen MR) is 60.0 cm³/mol. The number of nitrogens with one attached hydrogen (secondary N) is 1. The fourth-order valence-electron chi connectivity index (χ4n) is 1.16. The Bertz CT molecular complexity index is 230. The Hall–Kier alpha value is -0.940. The van der Waals surface area contributed by atoms with Crippen LogP contribution < -0.4 is 5.32 Å². The van der Waals surface area contributed by atoms with E-state index in [1.807, 2.05) is 13.8 Å². The van der Waals surface area contributed by atoms with Crippen molar-refractivity contribution in [3.8, 4) is 0 Å². The molecule has 0 spiro atoms. The van der Waals surface area contributed by atoms with Gasteiger partial charge < -0.3 is 15.2 Å². The van der Waals surface area contributed by atoms with Gasteiger partial charge in [0.05, 0.1) is 19.3 Å². The lowest BCUT2D eigenvalue weighted by Crippen LogP contribution is -2.44. The predicted octanol–water partition coefficient (Wildman–Crippen LogP) is 0.115. The second-order valence-electron chi connectivity index (χ2n) is 3.95. The lowest BCUT2D eigenvalue weighted by molar-refractivity contribution is -0.139. The van der Waals surface area contributed by atoms with Crippen LogP contribution >= 0.6 is 0 Å². The van der Waals surface area contributed by atoms with E-state index in [2.05, 4.69) is 5.32 Å². The van der Waals surface area contributed by atoms with Gasteiger partial charge >= 0.3 is 0 Å². The maximum absolute atomic E-state index is 11.4. The second-order valence-corrected chi connectivity index (χ2v) is 3.95. The summed E-state index contributed by atoms with van der Waals surface area (Å²) in [5, 5.41) is 11.3. The third-order valence-electron chi connectivity index (χ3n) is 2.41. The highest BCUT2D eigenvalue weighted by atomic mass is 16.5. The number of aliphatic hydroxyl groups is 1. The number of ether oxygens (including phenoxy) is 1. The number of methoxy groups -OCH3 is 1. The number of rotatable bonds is 8. The van der Waals surface area contributed by atoms with E-state index in [1.54, 1.807) is 0 Å². The smallest absolute Gasteiger partial charge is 0.287 e. The molecule has 0 aliphatic carbocycles. The summed E-state index contributed by atoms with van der Waals surface area (Å²) in [4.78, 5) is 22.8. The fraction of sp³-hybridized carbons (Fsp3) is 0.818. The van der Waals surface area contributed by atoms with Crippen molar-refractivity contribution in [2.24, 2.45) is 5.92 Å². The summed E-state index contributed by atoms with van der Waals surface area (Å²) in [5.41, 5.74) is 0. The normalized spacial score (nSPS) is 14.2. The molecule has 94 valence electrons. The molecule has 0 aromatic carbocycles. The number of ketones is 1. The van der Waals surface area contributed by atoms with Gasteiger partial charge in [0, 0.05) is 13.5 Å². The molecule has 0 aliphatic heterocycles. The van der Waals surface area contributed by atoms with Gasteiger partial charge in [-0.1, -0.05) is 20.3 Å². The van der Waals surface area contributed by atoms with Gasteiger partial charge in [0.1, 0.15) is 0 Å². The molecule has 0 heterocycles. The second kappa shape index (κ2) is 8.24. The van der Waals surface area contributed by atoms with Gasteiger partial charge in [-0.25, -0.2) is 0 Å². The molecule has 0 bridgehead atoms. The van der Waals surface area contributed by atoms with Crippen LogP contribution in [0.15, 0.2) is 0 Å². The molecule has 0 radical (unpaired) electrons. The summed E-state index contributed by atoms with van der Waals surface area (Å²) in [6.07, 6.45) is 1.11. The molecule has 1 amide bonds. The van der Waals surface area contributed by atoms with E-state index >= 15 is 0 Å². The van der Waals surface area contributed by atoms with Crippen molar-refractivity contribution in [2.75, 3.05) is 20.3 Å². The average molecular weight is 231 g/mol. The summed E-state index contributed by atoms with van der Waals surface area (Å²) >= 11 is 0. The van der Waals surface area contributed by atoms with Crippen molar-refractivity contribution >= 4 is 11.7 Å². The molecule has 16 heavy (non-hydrogen) atoms. The first-order chi connectivity index (χ1) is 7.54. The maximum atomic E-state index is 11.4. The third kappa shape index (κ3) is 5.82. The summed E-state index contributed by atoms with van der Waals surface area (Å²) in [6, 6.07) is -0.515. The van der Waals surface area contributed by atoms with Crippen molar-refractivity contribution in [1.82, 2.24) is 5.32 Å². The van der Waals surface area contributed by atoms with Crippen LogP contribution in [0.4, 0.5) is 0 Å². The van der Waals surface area contributed by atoms with Gasteiger partial charge in [0.25, 0.3) is 5.91 Å². The molecular weight excluding hydrogens is 210 g/mol. The van der Waals surface area contributed by atoms with E-state index in [1.165, 1.54) is 7.11 Å². The Morgan fingerprint density at radius 2 is 2.06 bits per heavy atom. The highest BCUT2D eigenvalue weighted by Crippen LogP contribution is 2.06. The number of aliphatic hydroxyl groups excluding tert-OH is 1. The van der Waals surface area contributed by atoms with Crippen molar-refractivity contribution in [3.63, 3.8) is 0 Å². The van der Waals surface area contributed by atoms with E-state index in [4.69, 9.17) is 9.84 Å². The molecule has 2 N–H and O–H groups in total. The molecule has 2 unspecified atom stereocenters. The fourth-order valence-corrected chi connectivity index (χ4v) is 1.16. The lowest BCUT2D eigenvalue weighted by Gasteiger charge is -2.15. The Labute approximate surface area is 96.2 Å². The number of carbonyl (C=O) groups excluding carboxylic acids is 2. The van der Waals surface area contributed by atoms with Crippen molar-refractivity contribution in [3.05, 3.63) is 0 Å². The maximum Gasteiger partial charge on any atom is 0.287 e. The van der Waals surface area contributed by atoms with Crippen LogP contribution in [-0.2, 0) is 14.3 Å². The highest BCUT2D eigenvalue weighted by Gasteiger charge is 2.19. The van der Waals surface area contributed by atoms with Crippen LogP contribution in [0.1, 0.15) is 26.7 Å². The first-order valence-corrected chi connectivity index (χ1v) is 5.48. The number of carbonyl (C=O) groups is 2. The molecule has 0 aromatic rings. The molecule has 0 saturated heterocycles. The lowest BCUT2D eigenvalue weighted by atomic mass is 10.0. The van der Waals surface area contributed by atoms with Crippen LogP contribution in [-0.4, -0.2) is 43.2 Å². The molecule has 0 rings (SSSR count). The van der Waals surface area contributed by atoms with Crippen LogP contribution in [0.2, 0.25) is 0 Å². The minimum absolute atomic E-state index is 0.193. The minimum Gasteiger partial charge on any atom is -0.394 e. The molecule has 0 fully saturated rings. The van der Waals surface area contributed by atoms with Gasteiger partial charge in [-0.15, -0.1) is 0 Å². The topological polar surface area (TPSA) is 75.6 Å². The van der Waals surface area contributed by atoms with Crippen molar-refractivity contribution < 1.29 is 19.4 Å². The number of hydrogen-bond donors (Lipinski definition) is 2. The molecule has 0 saturated carbocycles. The molecule has 0 aromatic heterocycles. The van der Waals surface area contributed by atoms with Gasteiger partial charge in [0.2, 0.25) is 5.78 Å². The third-order valence-corrected chi connectivity index (χ3v) is 2.41. The molecule has 2 atom stereocenters. The van der Waals surface area contributed by atoms with Gasteiger partial charge in [0.15, 0.2) is 0 Å². The van der Waals surface area contributed by atoms with Gasteiger partial charge in [-0.2, -0.15) is 0 Å². The summed E-state index contributed by atoms with van der Waals surface area (Å²) in [7, 11) is 1.47. The Morgan fingerprint density at radius 3 is 2.50 bits per heavy atom. The van der Waals surface area contributed by atoms with Crippen molar-refractivity contribution in [2.45, 2.75) is 32.7 Å². The van der Waals surface area contributed by atoms with Crippen LogP contribution in [0.5, 0.6) is 0 Å². The average Bonchev–Trinajstić information content (AvgIpc) is 2.27. The number of Topliss-reactive ketones (excluding diaryl/α,β-unsaturated/α-hetero) is 1. The van der Waals surface area contributed by atoms with Gasteiger partial charge in [-0.3, -0.25) is 9.59 Å². The van der Waals surface area contributed by atoms with E-state index in [0.717, 1.165) is 6.42 Å². The van der Waals surface area contributed by atoms with Crippen LogP contribution in [0.3, 0.4) is 0 Å². The zero-order valence-electron chi connectivity index (χ0n) is 10.2. The zero-order chi connectivity index (χ0) is 12.6. The molecular formula is C11H21NO4. The first kappa shape index (κ1) is 15.1. The molecule has 5 heteroatoms. The van der Waals surface area contributed by atoms with Crippen LogP contribution in [0, 0.1) is 5.92 Å². The Kier molecular flexibility index (Phi) is 7.76. The van der Waals surface area contributed by atoms with E-state index in [9.17, 15) is 9.59 Å². The first-order valence-electron chi connectivity index (χ1n) is 5.48. The Morgan fingerprint density at radius 1 is 1.44 bits per heavy atom. The molecule has 5 nitrogen and oxygen atoms in total. The number of amides is 1. The zero-order valence-corrected chi connectivity index (χ0v) is 10.2. The molecule has 0 aliphatic rings.